The van der Waals surface area contributed by atoms with Crippen molar-refractivity contribution in [1.82, 2.24) is 24.8 Å². The summed E-state index contributed by atoms with van der Waals surface area (Å²) in [5, 5.41) is 0. The van der Waals surface area contributed by atoms with Gasteiger partial charge in [0.05, 0.1) is 6.33 Å². The van der Waals surface area contributed by atoms with E-state index in [1.54, 1.807) is 12.4 Å². The first-order valence-corrected chi connectivity index (χ1v) is 9.82. The molecule has 5 rings (SSSR count). The van der Waals surface area contributed by atoms with Gasteiger partial charge in [0.15, 0.2) is 17.6 Å². The van der Waals surface area contributed by atoms with E-state index in [0.29, 0.717) is 43.9 Å². The molecule has 0 bridgehead atoms. The average molecular weight is 396 g/mol. The Morgan fingerprint density at radius 3 is 3.03 bits per heavy atom. The lowest BCUT2D eigenvalue weighted by atomic mass is 10.0. The van der Waals surface area contributed by atoms with Crippen molar-refractivity contribution < 1.29 is 13.9 Å². The van der Waals surface area contributed by atoms with Crippen LogP contribution in [0.1, 0.15) is 18.4 Å². The molecule has 0 spiro atoms. The molecular formula is C20H21FN6O2. The maximum atomic E-state index is 13.5. The summed E-state index contributed by atoms with van der Waals surface area (Å²) >= 11 is 0. The Kier molecular flexibility index (Phi) is 4.49. The number of H-pyrrole nitrogens is 1. The zero-order valence-electron chi connectivity index (χ0n) is 15.8. The minimum Gasteiger partial charge on any atom is -0.480 e. The fraction of sp³-hybridized carbons (Fsp3) is 0.400. The van der Waals surface area contributed by atoms with Gasteiger partial charge in [-0.3, -0.25) is 4.79 Å². The number of aromatic amines is 1. The van der Waals surface area contributed by atoms with Crippen LogP contribution >= 0.6 is 0 Å². The van der Waals surface area contributed by atoms with Crippen molar-refractivity contribution >= 4 is 22.9 Å². The van der Waals surface area contributed by atoms with Crippen LogP contribution in [0.25, 0.3) is 11.2 Å². The summed E-state index contributed by atoms with van der Waals surface area (Å²) in [5.74, 6) is 0.905. The maximum absolute atomic E-state index is 13.5. The van der Waals surface area contributed by atoms with Crippen LogP contribution in [0.5, 0.6) is 5.75 Å². The quantitative estimate of drug-likeness (QED) is 0.712. The highest BCUT2D eigenvalue weighted by atomic mass is 19.1. The van der Waals surface area contributed by atoms with Crippen LogP contribution in [-0.2, 0) is 11.2 Å². The van der Waals surface area contributed by atoms with Crippen LogP contribution in [0.4, 0.5) is 10.2 Å². The highest BCUT2D eigenvalue weighted by Gasteiger charge is 2.31. The Bertz CT molecular complexity index is 1050. The van der Waals surface area contributed by atoms with Crippen LogP contribution in [0.3, 0.4) is 0 Å². The number of carbonyl (C=O) groups is 1. The lowest BCUT2D eigenvalue weighted by Gasteiger charge is -2.30. The maximum Gasteiger partial charge on any atom is 0.263 e. The average Bonchev–Trinajstić information content (AvgIpc) is 3.09. The molecule has 1 saturated heterocycles. The van der Waals surface area contributed by atoms with Gasteiger partial charge < -0.3 is 19.5 Å². The largest absolute Gasteiger partial charge is 0.480 e. The third-order valence-corrected chi connectivity index (χ3v) is 5.56. The summed E-state index contributed by atoms with van der Waals surface area (Å²) in [6.45, 7) is 2.68. The third kappa shape index (κ3) is 3.37. The second-order valence-corrected chi connectivity index (χ2v) is 7.36. The molecule has 150 valence electrons. The molecule has 4 heterocycles. The number of hydrogen-bond donors (Lipinski definition) is 1. The van der Waals surface area contributed by atoms with Crippen molar-refractivity contribution in [1.29, 1.82) is 0 Å². The van der Waals surface area contributed by atoms with Gasteiger partial charge in [-0.2, -0.15) is 0 Å². The van der Waals surface area contributed by atoms with E-state index < -0.39 is 6.10 Å². The van der Waals surface area contributed by atoms with Crippen LogP contribution in [-0.4, -0.2) is 63.0 Å². The normalized spacial score (nSPS) is 19.6. The third-order valence-electron chi connectivity index (χ3n) is 5.56. The fourth-order valence-electron chi connectivity index (χ4n) is 4.06. The lowest BCUT2D eigenvalue weighted by molar-refractivity contribution is -0.139. The van der Waals surface area contributed by atoms with E-state index in [9.17, 15) is 9.18 Å². The molecule has 2 aromatic heterocycles. The number of aromatic nitrogens is 4. The number of nitrogens with one attached hydrogen (secondary N) is 1. The predicted molar refractivity (Wildman–Crippen MR) is 104 cm³/mol. The standard InChI is InChI=1S/C20H21FN6O2/c21-14-4-2-13-3-5-15(29-16(13)10-14)20(28)27-7-1-6-26(8-9-27)19-17-18(23-11-22-17)24-12-25-19/h2,4,10-12,15H,1,3,5-9H2,(H,22,23,24,25). The number of nitrogens with zero attached hydrogens (tertiary/aromatic N) is 5. The SMILES string of the molecule is O=C(C1CCc2ccc(F)cc2O1)N1CCCN(c2ncnc3nc[nH]c23)CC1. The van der Waals surface area contributed by atoms with E-state index in [1.165, 1.54) is 18.5 Å². The zero-order chi connectivity index (χ0) is 19.8. The number of aryl methyl sites for hydroxylation is 1. The molecular weight excluding hydrogens is 375 g/mol. The van der Waals surface area contributed by atoms with Gasteiger partial charge in [-0.15, -0.1) is 0 Å². The molecule has 9 heteroatoms. The number of fused-ring (bicyclic) bond motifs is 2. The minimum atomic E-state index is -0.561. The number of halogens is 1. The molecule has 1 aromatic carbocycles. The zero-order valence-corrected chi connectivity index (χ0v) is 15.8. The van der Waals surface area contributed by atoms with Gasteiger partial charge in [-0.25, -0.2) is 19.3 Å². The van der Waals surface area contributed by atoms with Gasteiger partial charge in [0.25, 0.3) is 5.91 Å². The monoisotopic (exact) mass is 396 g/mol. The Morgan fingerprint density at radius 1 is 1.17 bits per heavy atom. The molecule has 0 aliphatic carbocycles. The number of ether oxygens (including phenoxy) is 1. The summed E-state index contributed by atoms with van der Waals surface area (Å²) < 4.78 is 19.4. The summed E-state index contributed by atoms with van der Waals surface area (Å²) in [6.07, 6.45) is 4.71. The molecule has 8 nitrogen and oxygen atoms in total. The van der Waals surface area contributed by atoms with Gasteiger partial charge in [0, 0.05) is 32.2 Å². The van der Waals surface area contributed by atoms with Gasteiger partial charge >= 0.3 is 0 Å². The number of amides is 1. The fourth-order valence-corrected chi connectivity index (χ4v) is 4.06. The summed E-state index contributed by atoms with van der Waals surface area (Å²) in [4.78, 5) is 32.9. The minimum absolute atomic E-state index is 0.0314. The van der Waals surface area contributed by atoms with Crippen molar-refractivity contribution in [3.63, 3.8) is 0 Å². The highest BCUT2D eigenvalue weighted by molar-refractivity contribution is 5.83. The number of carbonyl (C=O) groups excluding carboxylic acids is 1. The topological polar surface area (TPSA) is 87.2 Å². The molecule has 2 aliphatic rings. The molecule has 3 aromatic rings. The summed E-state index contributed by atoms with van der Waals surface area (Å²) in [5.41, 5.74) is 2.39. The number of anilines is 1. The van der Waals surface area contributed by atoms with E-state index in [0.717, 1.165) is 29.9 Å². The Balaban J connectivity index is 1.28. The molecule has 2 aliphatic heterocycles. The van der Waals surface area contributed by atoms with Gasteiger partial charge in [-0.1, -0.05) is 6.07 Å². The van der Waals surface area contributed by atoms with Crippen LogP contribution in [0, 0.1) is 5.82 Å². The number of rotatable bonds is 2. The molecule has 1 fully saturated rings. The van der Waals surface area contributed by atoms with Crippen molar-refractivity contribution in [2.45, 2.75) is 25.4 Å². The molecule has 1 unspecified atom stereocenters. The molecule has 0 saturated carbocycles. The van der Waals surface area contributed by atoms with E-state index >= 15 is 0 Å². The second-order valence-electron chi connectivity index (χ2n) is 7.36. The Labute approximate surface area is 166 Å². The van der Waals surface area contributed by atoms with E-state index in [1.807, 2.05) is 4.90 Å². The van der Waals surface area contributed by atoms with E-state index in [2.05, 4.69) is 24.8 Å². The number of benzene rings is 1. The van der Waals surface area contributed by atoms with Crippen LogP contribution in [0.2, 0.25) is 0 Å². The smallest absolute Gasteiger partial charge is 0.263 e. The van der Waals surface area contributed by atoms with Crippen LogP contribution < -0.4 is 9.64 Å². The van der Waals surface area contributed by atoms with Crippen molar-refractivity contribution in [2.75, 3.05) is 31.1 Å². The highest BCUT2D eigenvalue weighted by Crippen LogP contribution is 2.29. The molecule has 29 heavy (non-hydrogen) atoms. The Morgan fingerprint density at radius 2 is 2.10 bits per heavy atom. The van der Waals surface area contributed by atoms with Crippen molar-refractivity contribution in [3.8, 4) is 5.75 Å². The van der Waals surface area contributed by atoms with Crippen molar-refractivity contribution in [2.24, 2.45) is 0 Å². The molecule has 1 N–H and O–H groups in total. The molecule has 0 radical (unpaired) electrons. The van der Waals surface area contributed by atoms with Gasteiger partial charge in [0.2, 0.25) is 0 Å². The molecule has 1 amide bonds. The lowest BCUT2D eigenvalue weighted by Crippen LogP contribution is -2.45. The summed E-state index contributed by atoms with van der Waals surface area (Å²) in [6, 6.07) is 4.52. The predicted octanol–water partition coefficient (Wildman–Crippen LogP) is 1.92. The van der Waals surface area contributed by atoms with Crippen LogP contribution in [0.15, 0.2) is 30.9 Å². The number of imidazole rings is 1. The van der Waals surface area contributed by atoms with E-state index in [4.69, 9.17) is 4.74 Å². The number of hydrogen-bond acceptors (Lipinski definition) is 6. The second kappa shape index (κ2) is 7.31. The van der Waals surface area contributed by atoms with E-state index in [-0.39, 0.29) is 11.7 Å². The summed E-state index contributed by atoms with van der Waals surface area (Å²) in [7, 11) is 0. The molecule has 1 atom stereocenters. The van der Waals surface area contributed by atoms with Gasteiger partial charge in [0.1, 0.15) is 23.4 Å². The van der Waals surface area contributed by atoms with Gasteiger partial charge in [-0.05, 0) is 30.9 Å². The first-order valence-electron chi connectivity index (χ1n) is 9.82. The first-order chi connectivity index (χ1) is 14.2. The Hall–Kier alpha value is -3.23. The first kappa shape index (κ1) is 17.8. The van der Waals surface area contributed by atoms with Crippen molar-refractivity contribution in [3.05, 3.63) is 42.2 Å².